The van der Waals surface area contributed by atoms with E-state index in [2.05, 4.69) is 44.4 Å². The van der Waals surface area contributed by atoms with Crippen molar-refractivity contribution in [2.45, 2.75) is 70.6 Å². The summed E-state index contributed by atoms with van der Waals surface area (Å²) in [6.45, 7) is 12.9. The van der Waals surface area contributed by atoms with Crippen LogP contribution in [-0.2, 0) is 0 Å². The van der Waals surface area contributed by atoms with Crippen molar-refractivity contribution in [1.82, 2.24) is 4.90 Å². The van der Waals surface area contributed by atoms with Crippen LogP contribution < -0.4 is 5.73 Å². The Morgan fingerprint density at radius 3 is 2.60 bits per heavy atom. The molecule has 0 aromatic carbocycles. The Hall–Kier alpha value is 0.270. The molecule has 0 bridgehead atoms. The lowest BCUT2D eigenvalue weighted by Gasteiger charge is -2.46. The minimum absolute atomic E-state index is 0.301. The highest BCUT2D eigenvalue weighted by Gasteiger charge is 2.40. The first kappa shape index (κ1) is 16.6. The van der Waals surface area contributed by atoms with E-state index < -0.39 is 0 Å². The summed E-state index contributed by atoms with van der Waals surface area (Å²) in [7, 11) is 0. The highest BCUT2D eigenvalue weighted by Crippen LogP contribution is 2.42. The highest BCUT2D eigenvalue weighted by molar-refractivity contribution is 7.99. The molecule has 0 spiro atoms. The van der Waals surface area contributed by atoms with Gasteiger partial charge in [-0.1, -0.05) is 34.1 Å². The van der Waals surface area contributed by atoms with Crippen molar-refractivity contribution in [3.8, 4) is 0 Å². The van der Waals surface area contributed by atoms with E-state index in [1.165, 1.54) is 50.9 Å². The molecular formula is C17H34N2S. The number of thioether (sulfide) groups is 1. The summed E-state index contributed by atoms with van der Waals surface area (Å²) in [4.78, 5) is 2.75. The highest BCUT2D eigenvalue weighted by atomic mass is 32.2. The maximum atomic E-state index is 6.29. The van der Waals surface area contributed by atoms with E-state index in [1.54, 1.807) is 0 Å². The fourth-order valence-electron chi connectivity index (χ4n) is 4.15. The van der Waals surface area contributed by atoms with Crippen LogP contribution in [0, 0.1) is 11.3 Å². The van der Waals surface area contributed by atoms with Gasteiger partial charge in [0.05, 0.1) is 0 Å². The molecule has 2 rings (SSSR count). The van der Waals surface area contributed by atoms with Crippen LogP contribution in [0.15, 0.2) is 0 Å². The summed E-state index contributed by atoms with van der Waals surface area (Å²) < 4.78 is 0. The average molecular weight is 299 g/mol. The van der Waals surface area contributed by atoms with Crippen molar-refractivity contribution in [2.24, 2.45) is 17.1 Å². The Labute approximate surface area is 130 Å². The van der Waals surface area contributed by atoms with Gasteiger partial charge in [-0.05, 0) is 37.0 Å². The molecule has 3 heteroatoms. The van der Waals surface area contributed by atoms with E-state index in [1.807, 2.05) is 0 Å². The molecule has 2 nitrogen and oxygen atoms in total. The van der Waals surface area contributed by atoms with Crippen molar-refractivity contribution in [1.29, 1.82) is 0 Å². The minimum atomic E-state index is 0.301. The van der Waals surface area contributed by atoms with Crippen LogP contribution >= 0.6 is 11.8 Å². The second-order valence-electron chi connectivity index (χ2n) is 8.05. The molecule has 2 aliphatic rings. The molecule has 0 aromatic rings. The van der Waals surface area contributed by atoms with Gasteiger partial charge in [-0.15, -0.1) is 0 Å². The number of nitrogens with zero attached hydrogens (tertiary/aromatic N) is 1. The van der Waals surface area contributed by atoms with E-state index in [0.717, 1.165) is 17.7 Å². The molecule has 3 atom stereocenters. The number of hydrogen-bond donors (Lipinski definition) is 1. The van der Waals surface area contributed by atoms with Crippen molar-refractivity contribution in [3.63, 3.8) is 0 Å². The van der Waals surface area contributed by atoms with E-state index in [9.17, 15) is 0 Å². The SMILES string of the molecule is CC1CN(C2(CN)CCCC(C(C)(C)C)CC2)CCS1. The summed E-state index contributed by atoms with van der Waals surface area (Å²) in [5.41, 5.74) is 7.04. The van der Waals surface area contributed by atoms with Gasteiger partial charge in [0.1, 0.15) is 0 Å². The van der Waals surface area contributed by atoms with E-state index in [4.69, 9.17) is 5.73 Å². The minimum Gasteiger partial charge on any atom is -0.329 e. The third kappa shape index (κ3) is 3.72. The van der Waals surface area contributed by atoms with Crippen LogP contribution in [-0.4, -0.2) is 41.1 Å². The molecule has 0 radical (unpaired) electrons. The number of hydrogen-bond acceptors (Lipinski definition) is 3. The summed E-state index contributed by atoms with van der Waals surface area (Å²) in [5, 5.41) is 0.772. The van der Waals surface area contributed by atoms with Gasteiger partial charge < -0.3 is 5.73 Å². The van der Waals surface area contributed by atoms with Crippen LogP contribution in [0.5, 0.6) is 0 Å². The summed E-state index contributed by atoms with van der Waals surface area (Å²) in [6.07, 6.45) is 6.73. The maximum absolute atomic E-state index is 6.29. The van der Waals surface area contributed by atoms with E-state index >= 15 is 0 Å². The van der Waals surface area contributed by atoms with Crippen LogP contribution in [0.3, 0.4) is 0 Å². The number of rotatable bonds is 2. The first-order chi connectivity index (χ1) is 9.37. The maximum Gasteiger partial charge on any atom is 0.0332 e. The average Bonchev–Trinajstić information content (AvgIpc) is 2.61. The Kier molecular flexibility index (Phi) is 5.47. The third-order valence-electron chi connectivity index (χ3n) is 5.67. The van der Waals surface area contributed by atoms with Gasteiger partial charge in [0.25, 0.3) is 0 Å². The molecule has 1 saturated carbocycles. The van der Waals surface area contributed by atoms with Gasteiger partial charge in [0, 0.05) is 36.2 Å². The molecule has 20 heavy (non-hydrogen) atoms. The van der Waals surface area contributed by atoms with Gasteiger partial charge in [0.15, 0.2) is 0 Å². The summed E-state index contributed by atoms with van der Waals surface area (Å²) >= 11 is 2.12. The molecular weight excluding hydrogens is 264 g/mol. The lowest BCUT2D eigenvalue weighted by molar-refractivity contribution is 0.0790. The Morgan fingerprint density at radius 1 is 1.25 bits per heavy atom. The van der Waals surface area contributed by atoms with Crippen molar-refractivity contribution < 1.29 is 0 Å². The zero-order valence-corrected chi connectivity index (χ0v) is 14.8. The molecule has 1 aliphatic heterocycles. The molecule has 1 heterocycles. The largest absolute Gasteiger partial charge is 0.329 e. The quantitative estimate of drug-likeness (QED) is 0.787. The van der Waals surface area contributed by atoms with Gasteiger partial charge in [-0.3, -0.25) is 4.90 Å². The summed E-state index contributed by atoms with van der Waals surface area (Å²) in [6, 6.07) is 0. The van der Waals surface area contributed by atoms with Gasteiger partial charge >= 0.3 is 0 Å². The molecule has 2 fully saturated rings. The van der Waals surface area contributed by atoms with Gasteiger partial charge in [0.2, 0.25) is 0 Å². The molecule has 1 saturated heterocycles. The van der Waals surface area contributed by atoms with Crippen molar-refractivity contribution >= 4 is 11.8 Å². The van der Waals surface area contributed by atoms with Gasteiger partial charge in [-0.2, -0.15) is 11.8 Å². The predicted molar refractivity (Wildman–Crippen MR) is 91.3 cm³/mol. The molecule has 2 N–H and O–H groups in total. The first-order valence-corrected chi connectivity index (χ1v) is 9.49. The van der Waals surface area contributed by atoms with Crippen molar-refractivity contribution in [3.05, 3.63) is 0 Å². The molecule has 1 aliphatic carbocycles. The normalized spacial score (nSPS) is 37.6. The molecule has 0 aromatic heterocycles. The fourth-order valence-corrected chi connectivity index (χ4v) is 5.17. The zero-order chi connectivity index (χ0) is 14.8. The van der Waals surface area contributed by atoms with Crippen molar-refractivity contribution in [2.75, 3.05) is 25.4 Å². The monoisotopic (exact) mass is 298 g/mol. The summed E-state index contributed by atoms with van der Waals surface area (Å²) in [5.74, 6) is 2.15. The smallest absolute Gasteiger partial charge is 0.0332 e. The lowest BCUT2D eigenvalue weighted by atomic mass is 9.76. The van der Waals surface area contributed by atoms with Crippen LogP contribution in [0.1, 0.15) is 59.8 Å². The van der Waals surface area contributed by atoms with E-state index in [0.29, 0.717) is 11.0 Å². The Bertz CT molecular complexity index is 313. The van der Waals surface area contributed by atoms with E-state index in [-0.39, 0.29) is 0 Å². The van der Waals surface area contributed by atoms with Crippen LogP contribution in [0.2, 0.25) is 0 Å². The fraction of sp³-hybridized carbons (Fsp3) is 1.00. The van der Waals surface area contributed by atoms with Gasteiger partial charge in [-0.25, -0.2) is 0 Å². The predicted octanol–water partition coefficient (Wildman–Crippen LogP) is 3.75. The molecule has 118 valence electrons. The Morgan fingerprint density at radius 2 is 2.00 bits per heavy atom. The van der Waals surface area contributed by atoms with Crippen LogP contribution in [0.25, 0.3) is 0 Å². The third-order valence-corrected chi connectivity index (χ3v) is 6.81. The molecule has 3 unspecified atom stereocenters. The lowest BCUT2D eigenvalue weighted by Crippen LogP contribution is -2.57. The topological polar surface area (TPSA) is 29.3 Å². The first-order valence-electron chi connectivity index (χ1n) is 8.44. The second-order valence-corrected chi connectivity index (χ2v) is 9.60. The number of nitrogens with two attached hydrogens (primary N) is 1. The second kappa shape index (κ2) is 6.58. The molecule has 0 amide bonds. The van der Waals surface area contributed by atoms with Crippen LogP contribution in [0.4, 0.5) is 0 Å². The standard InChI is InChI=1S/C17H34N2S/c1-14-12-19(10-11-20-14)17(13-18)8-5-6-15(7-9-17)16(2,3)4/h14-15H,5-13,18H2,1-4H3. The zero-order valence-electron chi connectivity index (χ0n) is 14.0. The Balaban J connectivity index is 2.07.